The Morgan fingerprint density at radius 3 is 2.95 bits per heavy atom. The van der Waals surface area contributed by atoms with Gasteiger partial charge in [0.25, 0.3) is 0 Å². The number of hydrogen-bond donors (Lipinski definition) is 1. The molecule has 5 rings (SSSR count). The van der Waals surface area contributed by atoms with E-state index in [4.69, 9.17) is 0 Å². The zero-order valence-corrected chi connectivity index (χ0v) is 12.7. The summed E-state index contributed by atoms with van der Waals surface area (Å²) in [6, 6.07) is 10.3. The van der Waals surface area contributed by atoms with Gasteiger partial charge in [0, 0.05) is 24.2 Å². The third-order valence-electron chi connectivity index (χ3n) is 5.52. The molecule has 22 heavy (non-hydrogen) atoms. The van der Waals surface area contributed by atoms with Crippen LogP contribution in [0.2, 0.25) is 0 Å². The first kappa shape index (κ1) is 13.9. The van der Waals surface area contributed by atoms with Crippen LogP contribution >= 0.6 is 0 Å². The predicted octanol–water partition coefficient (Wildman–Crippen LogP) is 3.16. The number of nitrogens with zero attached hydrogens (tertiary/aromatic N) is 2. The molecular formula is C19H22N2O. The monoisotopic (exact) mass is 294 g/mol. The van der Waals surface area contributed by atoms with E-state index < -0.39 is 6.10 Å². The molecule has 3 aliphatic rings. The third-order valence-corrected chi connectivity index (χ3v) is 5.52. The smallest absolute Gasteiger partial charge is 0.0952 e. The number of fused-ring (bicyclic) bond motifs is 4. The van der Waals surface area contributed by atoms with Crippen molar-refractivity contribution in [1.29, 1.82) is 0 Å². The Kier molecular flexibility index (Phi) is 3.47. The van der Waals surface area contributed by atoms with Crippen molar-refractivity contribution in [2.75, 3.05) is 13.1 Å². The fraction of sp³-hybridized carbons (Fsp3) is 0.421. The second-order valence-corrected chi connectivity index (χ2v) is 6.61. The van der Waals surface area contributed by atoms with Crippen molar-refractivity contribution in [2.45, 2.75) is 25.0 Å². The van der Waals surface area contributed by atoms with Gasteiger partial charge < -0.3 is 5.11 Å². The highest BCUT2D eigenvalue weighted by atomic mass is 16.3. The van der Waals surface area contributed by atoms with Crippen molar-refractivity contribution < 1.29 is 5.11 Å². The van der Waals surface area contributed by atoms with Gasteiger partial charge in [-0.15, -0.1) is 6.58 Å². The molecule has 0 radical (unpaired) electrons. The summed E-state index contributed by atoms with van der Waals surface area (Å²) < 4.78 is 0. The summed E-state index contributed by atoms with van der Waals surface area (Å²) >= 11 is 0. The number of para-hydroxylation sites is 1. The van der Waals surface area contributed by atoms with Gasteiger partial charge in [-0.05, 0) is 48.9 Å². The number of aromatic nitrogens is 1. The van der Waals surface area contributed by atoms with Crippen LogP contribution in [0, 0.1) is 11.8 Å². The van der Waals surface area contributed by atoms with E-state index in [1.165, 1.54) is 6.42 Å². The van der Waals surface area contributed by atoms with Crippen molar-refractivity contribution in [3.8, 4) is 0 Å². The Bertz CT molecular complexity index is 693. The van der Waals surface area contributed by atoms with E-state index in [1.807, 2.05) is 30.5 Å². The maximum Gasteiger partial charge on any atom is 0.0952 e. The van der Waals surface area contributed by atoms with Gasteiger partial charge in [0.05, 0.1) is 11.6 Å². The number of benzene rings is 1. The fourth-order valence-corrected chi connectivity index (χ4v) is 4.29. The third kappa shape index (κ3) is 2.16. The lowest BCUT2D eigenvalue weighted by Crippen LogP contribution is -2.54. The standard InChI is InChI=1S/C19H22N2O/c1-2-13-12-21-10-8-14(13)11-18(21)19(22)16-7-9-20-17-6-4-3-5-15(16)17/h2-7,9,13-14,18-19,22H,1,8,10-12H2/t13?,14?,18-,19+/m1/s1. The summed E-state index contributed by atoms with van der Waals surface area (Å²) in [5.74, 6) is 1.27. The quantitative estimate of drug-likeness (QED) is 0.883. The van der Waals surface area contributed by atoms with Crippen LogP contribution in [-0.2, 0) is 0 Å². The van der Waals surface area contributed by atoms with Crippen LogP contribution in [0.5, 0.6) is 0 Å². The van der Waals surface area contributed by atoms with Crippen molar-refractivity contribution in [3.05, 3.63) is 54.7 Å². The molecule has 3 nitrogen and oxygen atoms in total. The molecule has 0 spiro atoms. The molecule has 4 heterocycles. The Morgan fingerprint density at radius 1 is 1.32 bits per heavy atom. The average Bonchev–Trinajstić information content (AvgIpc) is 2.60. The highest BCUT2D eigenvalue weighted by Crippen LogP contribution is 2.41. The van der Waals surface area contributed by atoms with Crippen molar-refractivity contribution in [3.63, 3.8) is 0 Å². The van der Waals surface area contributed by atoms with E-state index in [0.717, 1.165) is 36.0 Å². The summed E-state index contributed by atoms with van der Waals surface area (Å²) in [4.78, 5) is 6.86. The zero-order valence-electron chi connectivity index (χ0n) is 12.7. The topological polar surface area (TPSA) is 36.4 Å². The number of aliphatic hydroxyl groups excluding tert-OH is 1. The van der Waals surface area contributed by atoms with Gasteiger partial charge in [-0.25, -0.2) is 0 Å². The highest BCUT2D eigenvalue weighted by Gasteiger charge is 2.42. The number of rotatable bonds is 3. The van der Waals surface area contributed by atoms with E-state index in [0.29, 0.717) is 11.8 Å². The SMILES string of the molecule is C=CC1CN2CCC1C[C@@H]2[C@@H](O)c1ccnc2ccccc12. The Labute approximate surface area is 131 Å². The Morgan fingerprint density at radius 2 is 2.18 bits per heavy atom. The molecule has 3 unspecified atom stereocenters. The molecule has 114 valence electrons. The molecule has 0 amide bonds. The molecule has 0 aliphatic carbocycles. The minimum atomic E-state index is -0.443. The first-order valence-electron chi connectivity index (χ1n) is 8.16. The zero-order chi connectivity index (χ0) is 15.1. The Balaban J connectivity index is 1.67. The second kappa shape index (κ2) is 5.49. The van der Waals surface area contributed by atoms with E-state index in [1.54, 1.807) is 0 Å². The average molecular weight is 294 g/mol. The minimum absolute atomic E-state index is 0.223. The highest BCUT2D eigenvalue weighted by molar-refractivity contribution is 5.82. The van der Waals surface area contributed by atoms with Gasteiger partial charge in [0.1, 0.15) is 0 Å². The number of aliphatic hydroxyl groups is 1. The van der Waals surface area contributed by atoms with Crippen molar-refractivity contribution >= 4 is 10.9 Å². The normalized spacial score (nSPS) is 32.0. The minimum Gasteiger partial charge on any atom is -0.387 e. The Hall–Kier alpha value is -1.71. The largest absolute Gasteiger partial charge is 0.387 e. The summed E-state index contributed by atoms with van der Waals surface area (Å²) in [5, 5.41) is 12.1. The fourth-order valence-electron chi connectivity index (χ4n) is 4.29. The first-order valence-corrected chi connectivity index (χ1v) is 8.16. The lowest BCUT2D eigenvalue weighted by atomic mass is 9.73. The van der Waals surface area contributed by atoms with Gasteiger partial charge in [-0.2, -0.15) is 0 Å². The van der Waals surface area contributed by atoms with E-state index in [9.17, 15) is 5.11 Å². The molecule has 5 atom stereocenters. The molecule has 2 aromatic rings. The van der Waals surface area contributed by atoms with Crippen LogP contribution in [0.4, 0.5) is 0 Å². The van der Waals surface area contributed by atoms with Crippen LogP contribution in [0.3, 0.4) is 0 Å². The summed E-state index contributed by atoms with van der Waals surface area (Å²) in [6.45, 7) is 6.11. The molecule has 3 aliphatic heterocycles. The number of pyridine rings is 1. The van der Waals surface area contributed by atoms with Gasteiger partial charge in [0.15, 0.2) is 0 Å². The van der Waals surface area contributed by atoms with Gasteiger partial charge in [-0.1, -0.05) is 24.3 Å². The summed E-state index contributed by atoms with van der Waals surface area (Å²) in [5.41, 5.74) is 1.97. The molecular weight excluding hydrogens is 272 g/mol. The van der Waals surface area contributed by atoms with Crippen LogP contribution in [0.25, 0.3) is 10.9 Å². The maximum atomic E-state index is 11.0. The van der Waals surface area contributed by atoms with E-state index >= 15 is 0 Å². The van der Waals surface area contributed by atoms with Crippen LogP contribution in [-0.4, -0.2) is 34.1 Å². The summed E-state index contributed by atoms with van der Waals surface area (Å²) in [7, 11) is 0. The summed E-state index contributed by atoms with van der Waals surface area (Å²) in [6.07, 6.45) is 5.76. The molecule has 1 N–H and O–H groups in total. The molecule has 1 aromatic carbocycles. The lowest BCUT2D eigenvalue weighted by molar-refractivity contribution is -0.0444. The van der Waals surface area contributed by atoms with Crippen LogP contribution < -0.4 is 0 Å². The van der Waals surface area contributed by atoms with Gasteiger partial charge in [0.2, 0.25) is 0 Å². The lowest BCUT2D eigenvalue weighted by Gasteiger charge is -2.50. The second-order valence-electron chi connectivity index (χ2n) is 6.61. The van der Waals surface area contributed by atoms with Crippen molar-refractivity contribution in [1.82, 2.24) is 9.88 Å². The molecule has 3 saturated heterocycles. The van der Waals surface area contributed by atoms with E-state index in [-0.39, 0.29) is 6.04 Å². The predicted molar refractivity (Wildman–Crippen MR) is 88.5 cm³/mol. The maximum absolute atomic E-state index is 11.0. The molecule has 0 saturated carbocycles. The number of hydrogen-bond acceptors (Lipinski definition) is 3. The molecule has 3 heteroatoms. The van der Waals surface area contributed by atoms with Gasteiger partial charge >= 0.3 is 0 Å². The molecule has 3 fully saturated rings. The molecule has 1 aromatic heterocycles. The van der Waals surface area contributed by atoms with Crippen molar-refractivity contribution in [2.24, 2.45) is 11.8 Å². The van der Waals surface area contributed by atoms with E-state index in [2.05, 4.69) is 28.6 Å². The van der Waals surface area contributed by atoms with Gasteiger partial charge in [-0.3, -0.25) is 9.88 Å². The first-order chi connectivity index (χ1) is 10.8. The number of piperidine rings is 3. The van der Waals surface area contributed by atoms with Crippen LogP contribution in [0.15, 0.2) is 49.2 Å². The van der Waals surface area contributed by atoms with Crippen LogP contribution in [0.1, 0.15) is 24.5 Å². The molecule has 2 bridgehead atoms.